The van der Waals surface area contributed by atoms with Gasteiger partial charge in [0, 0.05) is 16.9 Å². The van der Waals surface area contributed by atoms with Crippen molar-refractivity contribution in [3.8, 4) is 0 Å². The van der Waals surface area contributed by atoms with Gasteiger partial charge in [-0.15, -0.1) is 11.3 Å². The van der Waals surface area contributed by atoms with Gasteiger partial charge in [0.1, 0.15) is 10.9 Å². The molecule has 2 heterocycles. The molecule has 0 bridgehead atoms. The van der Waals surface area contributed by atoms with Gasteiger partial charge in [-0.3, -0.25) is 4.79 Å². The highest BCUT2D eigenvalue weighted by Crippen LogP contribution is 2.29. The van der Waals surface area contributed by atoms with Crippen molar-refractivity contribution in [2.24, 2.45) is 0 Å². The third-order valence-electron chi connectivity index (χ3n) is 3.93. The predicted molar refractivity (Wildman–Crippen MR) is 92.0 cm³/mol. The first-order valence-electron chi connectivity index (χ1n) is 7.30. The van der Waals surface area contributed by atoms with Crippen molar-refractivity contribution < 1.29 is 23.1 Å². The van der Waals surface area contributed by atoms with E-state index in [2.05, 4.69) is 5.32 Å². The van der Waals surface area contributed by atoms with Gasteiger partial charge in [-0.1, -0.05) is 0 Å². The lowest BCUT2D eigenvalue weighted by Crippen LogP contribution is -2.42. The Morgan fingerprint density at radius 3 is 2.75 bits per heavy atom. The summed E-state index contributed by atoms with van der Waals surface area (Å²) in [7, 11) is -3.42. The number of carbonyl (C=O) groups is 2. The number of amides is 1. The zero-order valence-corrected chi connectivity index (χ0v) is 14.5. The highest BCUT2D eigenvalue weighted by Gasteiger charge is 2.36. The van der Waals surface area contributed by atoms with Crippen molar-refractivity contribution in [2.45, 2.75) is 18.9 Å². The topological polar surface area (TPSA) is 104 Å². The molecule has 1 aromatic carbocycles. The standard InChI is InChI=1S/C15H16N2O5S2/c1-24(21,22)17-6-2-3-11(17)14(18)16-10-4-5-12-9(7-10)8-13(23-12)15(19)20/h4-5,7-8,11H,2-3,6H2,1H3,(H,16,18)(H,19,20). The molecule has 9 heteroatoms. The van der Waals surface area contributed by atoms with E-state index in [9.17, 15) is 18.0 Å². The minimum atomic E-state index is -3.42. The van der Waals surface area contributed by atoms with Crippen LogP contribution < -0.4 is 5.32 Å². The maximum absolute atomic E-state index is 12.4. The van der Waals surface area contributed by atoms with Crippen molar-refractivity contribution in [2.75, 3.05) is 18.1 Å². The summed E-state index contributed by atoms with van der Waals surface area (Å²) in [5.74, 6) is -1.36. The fraction of sp³-hybridized carbons (Fsp3) is 0.333. The number of aromatic carboxylic acids is 1. The first-order chi connectivity index (χ1) is 11.3. The molecule has 0 spiro atoms. The number of carboxylic acid groups (broad SMARTS) is 1. The van der Waals surface area contributed by atoms with Crippen LogP contribution in [0.25, 0.3) is 10.1 Å². The van der Waals surface area contributed by atoms with Crippen LogP contribution in [-0.4, -0.2) is 48.5 Å². The minimum Gasteiger partial charge on any atom is -0.477 e. The van der Waals surface area contributed by atoms with Crippen molar-refractivity contribution in [3.05, 3.63) is 29.1 Å². The van der Waals surface area contributed by atoms with E-state index in [1.165, 1.54) is 4.31 Å². The Morgan fingerprint density at radius 2 is 2.08 bits per heavy atom. The molecular formula is C15H16N2O5S2. The Kier molecular flexibility index (Phi) is 4.33. The molecule has 24 heavy (non-hydrogen) atoms. The Bertz CT molecular complexity index is 919. The third-order valence-corrected chi connectivity index (χ3v) is 6.32. The number of fused-ring (bicyclic) bond motifs is 1. The summed E-state index contributed by atoms with van der Waals surface area (Å²) in [6.07, 6.45) is 2.24. The molecule has 7 nitrogen and oxygen atoms in total. The number of nitrogens with one attached hydrogen (secondary N) is 1. The van der Waals surface area contributed by atoms with E-state index in [4.69, 9.17) is 5.11 Å². The average Bonchev–Trinajstić information content (AvgIpc) is 3.13. The summed E-state index contributed by atoms with van der Waals surface area (Å²) in [6, 6.07) is 5.96. The smallest absolute Gasteiger partial charge is 0.345 e. The van der Waals surface area contributed by atoms with Gasteiger partial charge in [0.05, 0.1) is 6.26 Å². The lowest BCUT2D eigenvalue weighted by Gasteiger charge is -2.21. The van der Waals surface area contributed by atoms with Gasteiger partial charge in [-0.25, -0.2) is 13.2 Å². The van der Waals surface area contributed by atoms with Crippen molar-refractivity contribution in [3.63, 3.8) is 0 Å². The highest BCUT2D eigenvalue weighted by atomic mass is 32.2. The first kappa shape index (κ1) is 16.9. The van der Waals surface area contributed by atoms with E-state index in [-0.39, 0.29) is 10.8 Å². The third kappa shape index (κ3) is 3.28. The summed E-state index contributed by atoms with van der Waals surface area (Å²) in [4.78, 5) is 23.7. The Hall–Kier alpha value is -1.97. The molecular weight excluding hydrogens is 352 g/mol. The van der Waals surface area contributed by atoms with Gasteiger partial charge >= 0.3 is 5.97 Å². The SMILES string of the molecule is CS(=O)(=O)N1CCCC1C(=O)Nc1ccc2sc(C(=O)O)cc2c1. The van der Waals surface area contributed by atoms with Crippen molar-refractivity contribution in [1.29, 1.82) is 0 Å². The molecule has 3 rings (SSSR count). The second-order valence-corrected chi connectivity index (χ2v) is 8.71. The molecule has 0 saturated carbocycles. The first-order valence-corrected chi connectivity index (χ1v) is 9.97. The molecule has 1 amide bonds. The molecule has 0 aliphatic carbocycles. The maximum Gasteiger partial charge on any atom is 0.345 e. The molecule has 128 valence electrons. The number of anilines is 1. The van der Waals surface area contributed by atoms with Gasteiger partial charge in [-0.05, 0) is 42.5 Å². The predicted octanol–water partition coefficient (Wildman–Crippen LogP) is 1.96. The Morgan fingerprint density at radius 1 is 1.33 bits per heavy atom. The van der Waals surface area contributed by atoms with Crippen LogP contribution in [-0.2, 0) is 14.8 Å². The fourth-order valence-electron chi connectivity index (χ4n) is 2.85. The molecule has 2 N–H and O–H groups in total. The number of hydrogen-bond donors (Lipinski definition) is 2. The number of carboxylic acids is 1. The van der Waals surface area contributed by atoms with Crippen LogP contribution in [0.15, 0.2) is 24.3 Å². The second-order valence-electron chi connectivity index (χ2n) is 5.69. The van der Waals surface area contributed by atoms with Crippen LogP contribution in [0.5, 0.6) is 0 Å². The van der Waals surface area contributed by atoms with Gasteiger partial charge in [0.15, 0.2) is 0 Å². The number of sulfonamides is 1. The zero-order valence-electron chi connectivity index (χ0n) is 12.9. The lowest BCUT2D eigenvalue weighted by molar-refractivity contribution is -0.119. The maximum atomic E-state index is 12.4. The number of rotatable bonds is 4. The Balaban J connectivity index is 1.81. The Labute approximate surface area is 142 Å². The fourth-order valence-corrected chi connectivity index (χ4v) is 4.86. The largest absolute Gasteiger partial charge is 0.477 e. The number of benzene rings is 1. The average molecular weight is 368 g/mol. The van der Waals surface area contributed by atoms with Gasteiger partial charge in [0.2, 0.25) is 15.9 Å². The van der Waals surface area contributed by atoms with Crippen LogP contribution in [0.2, 0.25) is 0 Å². The van der Waals surface area contributed by atoms with Gasteiger partial charge in [0.25, 0.3) is 0 Å². The molecule has 1 fully saturated rings. The molecule has 0 radical (unpaired) electrons. The number of thiophene rings is 1. The summed E-state index contributed by atoms with van der Waals surface area (Å²) in [5.41, 5.74) is 0.516. The molecule has 1 aliphatic rings. The van der Waals surface area contributed by atoms with E-state index >= 15 is 0 Å². The van der Waals surface area contributed by atoms with E-state index < -0.39 is 22.0 Å². The van der Waals surface area contributed by atoms with Crippen LogP contribution in [0, 0.1) is 0 Å². The van der Waals surface area contributed by atoms with E-state index in [0.717, 1.165) is 27.7 Å². The zero-order chi connectivity index (χ0) is 17.5. The summed E-state index contributed by atoms with van der Waals surface area (Å²) >= 11 is 1.16. The van der Waals surface area contributed by atoms with Crippen LogP contribution in [0.4, 0.5) is 5.69 Å². The normalized spacial score (nSPS) is 18.8. The summed E-state index contributed by atoms with van der Waals surface area (Å²) in [5, 5.41) is 12.5. The number of carbonyl (C=O) groups excluding carboxylic acids is 1. The van der Waals surface area contributed by atoms with Crippen molar-refractivity contribution in [1.82, 2.24) is 4.31 Å². The quantitative estimate of drug-likeness (QED) is 0.859. The molecule has 1 saturated heterocycles. The monoisotopic (exact) mass is 368 g/mol. The highest BCUT2D eigenvalue weighted by molar-refractivity contribution is 7.88. The van der Waals surface area contributed by atoms with Crippen LogP contribution >= 0.6 is 11.3 Å². The summed E-state index contributed by atoms with van der Waals surface area (Å²) in [6.45, 7) is 0.350. The minimum absolute atomic E-state index is 0.229. The van der Waals surface area contributed by atoms with Crippen LogP contribution in [0.1, 0.15) is 22.5 Å². The van der Waals surface area contributed by atoms with Crippen molar-refractivity contribution >= 4 is 49.0 Å². The molecule has 1 aliphatic heterocycles. The second kappa shape index (κ2) is 6.15. The molecule has 1 unspecified atom stereocenters. The lowest BCUT2D eigenvalue weighted by atomic mass is 10.2. The molecule has 1 atom stereocenters. The number of hydrogen-bond acceptors (Lipinski definition) is 5. The number of nitrogens with zero attached hydrogens (tertiary/aromatic N) is 1. The molecule has 2 aromatic rings. The van der Waals surface area contributed by atoms with Gasteiger partial charge < -0.3 is 10.4 Å². The van der Waals surface area contributed by atoms with Gasteiger partial charge in [-0.2, -0.15) is 4.31 Å². The van der Waals surface area contributed by atoms with Crippen LogP contribution in [0.3, 0.4) is 0 Å². The van der Waals surface area contributed by atoms with E-state index in [0.29, 0.717) is 25.1 Å². The van der Waals surface area contributed by atoms with E-state index in [1.54, 1.807) is 24.3 Å². The summed E-state index contributed by atoms with van der Waals surface area (Å²) < 4.78 is 25.5. The molecule has 1 aromatic heterocycles. The van der Waals surface area contributed by atoms with E-state index in [1.807, 2.05) is 0 Å².